The zero-order chi connectivity index (χ0) is 19.6. The van der Waals surface area contributed by atoms with E-state index in [4.69, 9.17) is 16.3 Å². The third kappa shape index (κ3) is 4.26. The van der Waals surface area contributed by atoms with E-state index in [-0.39, 0.29) is 4.90 Å². The first-order valence-electron chi connectivity index (χ1n) is 8.28. The fourth-order valence-corrected chi connectivity index (χ4v) is 5.04. The van der Waals surface area contributed by atoms with E-state index in [0.717, 1.165) is 21.9 Å². The maximum absolute atomic E-state index is 12.6. The number of halogens is 1. The number of ether oxygens (including phenoxy) is 1. The van der Waals surface area contributed by atoms with Crippen LogP contribution in [0.15, 0.2) is 57.8 Å². The number of rotatable bonds is 5. The third-order valence-corrected chi connectivity index (χ3v) is 6.64. The Balaban J connectivity index is 2.05. The molecule has 0 spiro atoms. The molecule has 27 heavy (non-hydrogen) atoms. The third-order valence-electron chi connectivity index (χ3n) is 3.95. The van der Waals surface area contributed by atoms with Crippen molar-refractivity contribution >= 4 is 33.0 Å². The molecule has 0 bridgehead atoms. The molecule has 0 aliphatic heterocycles. The minimum atomic E-state index is -3.82. The van der Waals surface area contributed by atoms with E-state index in [1.54, 1.807) is 4.57 Å². The minimum absolute atomic E-state index is 0.112. The van der Waals surface area contributed by atoms with Gasteiger partial charge in [0.1, 0.15) is 5.75 Å². The Morgan fingerprint density at radius 1 is 1.11 bits per heavy atom. The van der Waals surface area contributed by atoms with Crippen molar-refractivity contribution in [2.75, 3.05) is 6.61 Å². The molecule has 0 N–H and O–H groups in total. The average Bonchev–Trinajstić information content (AvgIpc) is 2.89. The van der Waals surface area contributed by atoms with Crippen LogP contribution in [0.25, 0.3) is 11.3 Å². The molecule has 3 aromatic rings. The molecule has 5 nitrogen and oxygen atoms in total. The Kier molecular flexibility index (Phi) is 5.74. The van der Waals surface area contributed by atoms with E-state index in [1.807, 2.05) is 45.2 Å². The fraction of sp³-hybridized carbons (Fsp3) is 0.211. The van der Waals surface area contributed by atoms with Crippen LogP contribution in [0.5, 0.6) is 5.75 Å². The van der Waals surface area contributed by atoms with Crippen molar-refractivity contribution in [2.45, 2.75) is 18.7 Å². The largest absolute Gasteiger partial charge is 0.494 e. The molecule has 0 unspecified atom stereocenters. The van der Waals surface area contributed by atoms with Gasteiger partial charge in [0, 0.05) is 16.9 Å². The Morgan fingerprint density at radius 3 is 2.33 bits per heavy atom. The van der Waals surface area contributed by atoms with Crippen LogP contribution in [0.1, 0.15) is 11.8 Å². The number of benzene rings is 2. The van der Waals surface area contributed by atoms with Crippen LogP contribution < -0.4 is 9.54 Å². The Labute approximate surface area is 167 Å². The molecule has 142 valence electrons. The van der Waals surface area contributed by atoms with Gasteiger partial charge in [-0.1, -0.05) is 11.6 Å². The van der Waals surface area contributed by atoms with Gasteiger partial charge >= 0.3 is 0 Å². The number of hydrogen-bond acceptors (Lipinski definition) is 4. The summed E-state index contributed by atoms with van der Waals surface area (Å²) in [4.78, 5) is 1.50. The predicted octanol–water partition coefficient (Wildman–Crippen LogP) is 4.40. The number of aryl methyl sites for hydroxylation is 1. The van der Waals surface area contributed by atoms with E-state index < -0.39 is 10.0 Å². The Bertz CT molecular complexity index is 1110. The van der Waals surface area contributed by atoms with Crippen LogP contribution in [0, 0.1) is 6.92 Å². The lowest BCUT2D eigenvalue weighted by molar-refractivity contribution is 0.340. The number of nitrogens with zero attached hydrogens (tertiary/aromatic N) is 2. The number of aromatic nitrogens is 1. The fourth-order valence-electron chi connectivity index (χ4n) is 2.70. The molecule has 1 aromatic heterocycles. The molecular formula is C19H19ClN2O3S2. The maximum atomic E-state index is 12.6. The van der Waals surface area contributed by atoms with Gasteiger partial charge in [0.25, 0.3) is 10.0 Å². The monoisotopic (exact) mass is 422 g/mol. The molecule has 0 atom stereocenters. The summed E-state index contributed by atoms with van der Waals surface area (Å²) in [6, 6.07) is 13.7. The molecule has 2 aromatic carbocycles. The van der Waals surface area contributed by atoms with E-state index >= 15 is 0 Å². The molecule has 0 aliphatic carbocycles. The van der Waals surface area contributed by atoms with Gasteiger partial charge in [0.15, 0.2) is 0 Å². The summed E-state index contributed by atoms with van der Waals surface area (Å²) in [5, 5.41) is 0.476. The summed E-state index contributed by atoms with van der Waals surface area (Å²) in [6.45, 7) is 4.49. The van der Waals surface area contributed by atoms with Crippen molar-refractivity contribution in [3.63, 3.8) is 0 Å². The van der Waals surface area contributed by atoms with E-state index in [1.165, 1.54) is 35.6 Å². The van der Waals surface area contributed by atoms with Crippen LogP contribution >= 0.6 is 22.9 Å². The number of thiazole rings is 1. The standard InChI is InChI=1S/C19H19ClN2O3S2/c1-4-25-16-9-5-14(6-10-16)18-13(2)26-19(22(18)3)21-27(23,24)17-11-7-15(20)8-12-17/h5-12H,4H2,1-3H3. The molecule has 0 amide bonds. The lowest BCUT2D eigenvalue weighted by atomic mass is 10.1. The molecule has 3 rings (SSSR count). The average molecular weight is 423 g/mol. The lowest BCUT2D eigenvalue weighted by Crippen LogP contribution is -2.14. The molecule has 0 saturated carbocycles. The van der Waals surface area contributed by atoms with Crippen molar-refractivity contribution in [1.29, 1.82) is 0 Å². The van der Waals surface area contributed by atoms with Crippen molar-refractivity contribution in [1.82, 2.24) is 4.57 Å². The van der Waals surface area contributed by atoms with E-state index in [2.05, 4.69) is 4.40 Å². The van der Waals surface area contributed by atoms with Gasteiger partial charge in [-0.05, 0) is 67.9 Å². The SMILES string of the molecule is CCOc1ccc(-c2c(C)sc(=NS(=O)(=O)c3ccc(Cl)cc3)n2C)cc1. The van der Waals surface area contributed by atoms with Crippen LogP contribution in [0.2, 0.25) is 5.02 Å². The molecule has 1 heterocycles. The second kappa shape index (κ2) is 7.88. The second-order valence-corrected chi connectivity index (χ2v) is 9.05. The number of hydrogen-bond donors (Lipinski definition) is 0. The van der Waals surface area contributed by atoms with E-state index in [9.17, 15) is 8.42 Å². The van der Waals surface area contributed by atoms with Crippen LogP contribution in [-0.2, 0) is 17.1 Å². The minimum Gasteiger partial charge on any atom is -0.494 e. The van der Waals surface area contributed by atoms with Gasteiger partial charge in [-0.25, -0.2) is 0 Å². The summed E-state index contributed by atoms with van der Waals surface area (Å²) < 4.78 is 36.5. The smallest absolute Gasteiger partial charge is 0.285 e. The van der Waals surface area contributed by atoms with Crippen LogP contribution in [-0.4, -0.2) is 19.6 Å². The highest BCUT2D eigenvalue weighted by molar-refractivity contribution is 7.90. The second-order valence-electron chi connectivity index (χ2n) is 5.83. The van der Waals surface area contributed by atoms with Crippen molar-refractivity contribution in [3.05, 3.63) is 63.2 Å². The van der Waals surface area contributed by atoms with Crippen molar-refractivity contribution < 1.29 is 13.2 Å². The Hall–Kier alpha value is -2.09. The van der Waals surface area contributed by atoms with E-state index in [0.29, 0.717) is 16.4 Å². The highest BCUT2D eigenvalue weighted by Crippen LogP contribution is 2.27. The molecule has 8 heteroatoms. The summed E-state index contributed by atoms with van der Waals surface area (Å²) in [5.74, 6) is 0.798. The van der Waals surface area contributed by atoms with Gasteiger partial charge in [-0.3, -0.25) is 0 Å². The molecular weight excluding hydrogens is 404 g/mol. The van der Waals surface area contributed by atoms with Crippen molar-refractivity contribution in [3.8, 4) is 17.0 Å². The predicted molar refractivity (Wildman–Crippen MR) is 109 cm³/mol. The normalized spacial score (nSPS) is 12.4. The van der Waals surface area contributed by atoms with Crippen LogP contribution in [0.3, 0.4) is 0 Å². The quantitative estimate of drug-likeness (QED) is 0.612. The van der Waals surface area contributed by atoms with Gasteiger partial charge < -0.3 is 9.30 Å². The zero-order valence-electron chi connectivity index (χ0n) is 15.1. The Morgan fingerprint density at radius 2 is 1.74 bits per heavy atom. The first-order chi connectivity index (χ1) is 12.8. The van der Waals surface area contributed by atoms with Gasteiger partial charge in [-0.2, -0.15) is 8.42 Å². The van der Waals surface area contributed by atoms with Gasteiger partial charge in [0.05, 0.1) is 17.2 Å². The summed E-state index contributed by atoms with van der Waals surface area (Å²) in [6.07, 6.45) is 0. The molecule has 0 saturated heterocycles. The highest BCUT2D eigenvalue weighted by atomic mass is 35.5. The van der Waals surface area contributed by atoms with Gasteiger partial charge in [-0.15, -0.1) is 15.7 Å². The molecule has 0 radical (unpaired) electrons. The first-order valence-corrected chi connectivity index (χ1v) is 10.9. The summed E-state index contributed by atoms with van der Waals surface area (Å²) in [7, 11) is -2.01. The molecule has 0 aliphatic rings. The lowest BCUT2D eigenvalue weighted by Gasteiger charge is -2.07. The molecule has 0 fully saturated rings. The summed E-state index contributed by atoms with van der Waals surface area (Å²) >= 11 is 7.17. The zero-order valence-corrected chi connectivity index (χ0v) is 17.5. The topological polar surface area (TPSA) is 60.7 Å². The van der Waals surface area contributed by atoms with Crippen LogP contribution in [0.4, 0.5) is 0 Å². The highest BCUT2D eigenvalue weighted by Gasteiger charge is 2.16. The first kappa shape index (κ1) is 19.7. The number of sulfonamides is 1. The maximum Gasteiger partial charge on any atom is 0.285 e. The summed E-state index contributed by atoms with van der Waals surface area (Å²) in [5.41, 5.74) is 1.90. The van der Waals surface area contributed by atoms with Gasteiger partial charge in [0.2, 0.25) is 4.80 Å². The van der Waals surface area contributed by atoms with Crippen molar-refractivity contribution in [2.24, 2.45) is 11.4 Å².